The highest BCUT2D eigenvalue weighted by Crippen LogP contribution is 2.34. The molecule has 0 bridgehead atoms. The molecule has 10 aromatic rings. The Hall–Kier alpha value is -10.8. The number of anilines is 1. The number of benzene rings is 9. The number of allylic oxidation sites excluding steroid dienone is 4. The summed E-state index contributed by atoms with van der Waals surface area (Å²) in [6.45, 7) is 25.2. The molecule has 1 aromatic heterocycles. The predicted octanol–water partition coefficient (Wildman–Crippen LogP) is 21.7. The molecule has 0 fully saturated rings. The van der Waals surface area contributed by atoms with Gasteiger partial charge in [0, 0.05) is 69.2 Å². The lowest BCUT2D eigenvalue weighted by Gasteiger charge is -2.24. The third-order valence-electron chi connectivity index (χ3n) is 18.4. The Morgan fingerprint density at radius 2 is 0.920 bits per heavy atom. The van der Waals surface area contributed by atoms with Crippen molar-refractivity contribution in [3.05, 3.63) is 379 Å². The van der Waals surface area contributed by atoms with Gasteiger partial charge in [0.1, 0.15) is 68.0 Å². The first-order valence-corrected chi connectivity index (χ1v) is 37.7. The van der Waals surface area contributed by atoms with Crippen LogP contribution >= 0.6 is 24.8 Å². The van der Waals surface area contributed by atoms with Gasteiger partial charge in [-0.1, -0.05) is 253 Å². The Morgan fingerprint density at radius 3 is 1.32 bits per heavy atom. The molecule has 15 heteroatoms. The van der Waals surface area contributed by atoms with E-state index in [1.807, 2.05) is 245 Å². The highest BCUT2D eigenvalue weighted by atomic mass is 35.5. The average Bonchev–Trinajstić information content (AvgIpc) is 1.66. The van der Waals surface area contributed by atoms with E-state index in [9.17, 15) is 14.7 Å². The molecule has 598 valence electrons. The molecule has 2 N–H and O–H groups in total. The van der Waals surface area contributed by atoms with Crippen molar-refractivity contribution in [2.75, 3.05) is 66.9 Å². The minimum Gasteiger partial charge on any atom is -0.497 e. The number of hydrogen-bond donors (Lipinski definition) is 2. The summed E-state index contributed by atoms with van der Waals surface area (Å²) in [5, 5.41) is 13.1. The fourth-order valence-electron chi connectivity index (χ4n) is 12.8. The van der Waals surface area contributed by atoms with Crippen LogP contribution in [0, 0.1) is 17.8 Å². The van der Waals surface area contributed by atoms with E-state index in [1.165, 1.54) is 22.3 Å². The monoisotopic (exact) mass is 1560 g/mol. The smallest absolute Gasteiger partial charge is 0.270 e. The van der Waals surface area contributed by atoms with Crippen LogP contribution in [0.25, 0.3) is 6.08 Å². The average molecular weight is 1570 g/mol. The number of carbonyl (C=O) groups excluding carboxylic acids is 2. The van der Waals surface area contributed by atoms with Gasteiger partial charge in [0.15, 0.2) is 0 Å². The predicted molar refractivity (Wildman–Crippen MR) is 474 cm³/mol. The van der Waals surface area contributed by atoms with E-state index in [0.717, 1.165) is 81.4 Å². The largest absolute Gasteiger partial charge is 0.497 e. The van der Waals surface area contributed by atoms with Gasteiger partial charge in [-0.05, 0) is 169 Å². The molecule has 0 aliphatic heterocycles. The highest BCUT2D eigenvalue weighted by molar-refractivity contribution is 5.93. The number of aldehydes is 1. The minimum atomic E-state index is -0.599. The molecule has 3 unspecified atom stereocenters. The molecule has 0 saturated carbocycles. The van der Waals surface area contributed by atoms with Gasteiger partial charge < -0.3 is 53.6 Å². The number of carbonyl (C=O) groups is 2. The van der Waals surface area contributed by atoms with E-state index in [4.69, 9.17) is 23.7 Å². The van der Waals surface area contributed by atoms with Gasteiger partial charge in [-0.3, -0.25) is 9.78 Å². The van der Waals surface area contributed by atoms with E-state index >= 15 is 0 Å². The molecule has 0 spiro atoms. The molecule has 1 amide bonds. The lowest BCUT2D eigenvalue weighted by atomic mass is 9.87. The van der Waals surface area contributed by atoms with Gasteiger partial charge in [-0.2, -0.15) is 0 Å². The lowest BCUT2D eigenvalue weighted by Crippen LogP contribution is -2.34. The number of nitrogens with zero attached hydrogens (tertiary/aromatic N) is 4. The number of ether oxygens (including phenoxy) is 5. The summed E-state index contributed by atoms with van der Waals surface area (Å²) in [6.07, 6.45) is 16.0. The summed E-state index contributed by atoms with van der Waals surface area (Å²) < 4.78 is 28.7. The van der Waals surface area contributed by atoms with Crippen molar-refractivity contribution in [1.82, 2.24) is 20.1 Å². The molecule has 0 radical (unpaired) electrons. The van der Waals surface area contributed by atoms with Gasteiger partial charge in [-0.25, -0.2) is 0 Å². The maximum Gasteiger partial charge on any atom is 0.270 e. The molecule has 8 atom stereocenters. The summed E-state index contributed by atoms with van der Waals surface area (Å²) in [6, 6.07) is 84.3. The van der Waals surface area contributed by atoms with Gasteiger partial charge in [0.25, 0.3) is 5.91 Å². The van der Waals surface area contributed by atoms with E-state index in [1.54, 1.807) is 18.5 Å². The minimum absolute atomic E-state index is 0. The number of rotatable bonds is 33. The summed E-state index contributed by atoms with van der Waals surface area (Å²) in [7, 11) is 12.3. The Kier molecular flexibility index (Phi) is 43.9. The fraction of sp³-hybridized carbons (Fsp3) is 0.276. The molecule has 1 heterocycles. The van der Waals surface area contributed by atoms with Crippen molar-refractivity contribution in [3.8, 4) is 23.0 Å². The van der Waals surface area contributed by atoms with Crippen LogP contribution in [0.2, 0.25) is 0 Å². The summed E-state index contributed by atoms with van der Waals surface area (Å²) in [5.41, 5.74) is 12.7. The van der Waals surface area contributed by atoms with Crippen LogP contribution in [0.15, 0.2) is 317 Å². The molecule has 1 aliphatic carbocycles. The van der Waals surface area contributed by atoms with Crippen molar-refractivity contribution >= 4 is 48.8 Å². The van der Waals surface area contributed by atoms with Gasteiger partial charge in [-0.15, -0.1) is 44.6 Å². The molecule has 1 aliphatic rings. The summed E-state index contributed by atoms with van der Waals surface area (Å²) >= 11 is 0. The topological polar surface area (TPSA) is 135 Å². The van der Waals surface area contributed by atoms with Crippen molar-refractivity contribution in [3.63, 3.8) is 0 Å². The normalized spacial score (nSPS) is 13.8. The number of hydrogen-bond acceptors (Lipinski definition) is 12. The van der Waals surface area contributed by atoms with Crippen LogP contribution in [0.4, 0.5) is 5.69 Å². The van der Waals surface area contributed by atoms with E-state index in [0.29, 0.717) is 68.8 Å². The molecule has 9 aromatic carbocycles. The van der Waals surface area contributed by atoms with E-state index in [-0.39, 0.29) is 56.0 Å². The number of pyridine rings is 1. The van der Waals surface area contributed by atoms with Crippen LogP contribution < -0.4 is 29.2 Å². The molecule has 11 rings (SSSR count). The second-order valence-electron chi connectivity index (χ2n) is 28.1. The van der Waals surface area contributed by atoms with Crippen molar-refractivity contribution in [2.24, 2.45) is 17.8 Å². The Morgan fingerprint density at radius 1 is 0.522 bits per heavy atom. The zero-order chi connectivity index (χ0) is 78.8. The molecule has 0 saturated heterocycles. The standard InChI is InChI=1S/2C21H27NO.2C19H20O2.C17H19N3O2.CH4.2ClH/c2*1-5-21(17(2)15-22(3)4)19-12-9-13-20(14-19)23-16-18-10-7-6-8-11-18;1-3-19(15(2)13-20)17-10-7-11-18(12-17)21-14-16-8-5-4-6-9-16;1-2-13-20-14-7-11-17-10-6-12-19(15-17)21-16-18-8-4-3-5-9-18;1-20(2)12-7-8-18-14(10-12)17(22)19-16-13-6-4-3-5-11(13)9-15(16)21;;;/h2*5-14,17,21H,1,15-16H2,2-4H3;3-13,15,19H,1,14H2,2H3;2-13,15H,14,16H2,1H3;3-8,10,15-16,21H,9H2,1-2H3,(H,19,22);1H4;2*1H/b;;;11-7+,13-2+;;;;/t2*17-,21?;15-,19?;;15-,16+;;;/m000.0.../s1. The first kappa shape index (κ1) is 94.6. The van der Waals surface area contributed by atoms with Crippen LogP contribution in [0.3, 0.4) is 0 Å². The Labute approximate surface area is 687 Å². The van der Waals surface area contributed by atoms with E-state index in [2.05, 4.69) is 155 Å². The lowest BCUT2D eigenvalue weighted by molar-refractivity contribution is -0.110. The number of amides is 1. The van der Waals surface area contributed by atoms with Crippen LogP contribution in [0.1, 0.15) is 125 Å². The SMILES string of the molecule is C.C/C=C/OC/C=C/c1cccc(OCc2ccccc2)c1.C=CC(c1cccc(OCc2ccccc2)c1)[C@@H](C)C=O.C=CC(c1cccc(OCc2ccccc2)c1)[C@@H](C)CN(C)C.C=CC(c1cccc(OCc2ccccc2)c1)[C@@H](C)CN(C)C.CN(C)c1ccnc(C(=O)N[C@@H]2c3ccccc3C[C@@H]2O)c1.Cl.Cl. The highest BCUT2D eigenvalue weighted by Gasteiger charge is 2.32. The number of halogens is 2. The third-order valence-corrected chi connectivity index (χ3v) is 18.4. The van der Waals surface area contributed by atoms with Gasteiger partial charge in [0.05, 0.1) is 18.4 Å². The Balaban J connectivity index is 0.000000296. The van der Waals surface area contributed by atoms with Gasteiger partial charge in [0.2, 0.25) is 0 Å². The fourth-order valence-corrected chi connectivity index (χ4v) is 12.8. The molecular formula is C98H119Cl2N5O8. The second kappa shape index (κ2) is 52.5. The van der Waals surface area contributed by atoms with Crippen LogP contribution in [0.5, 0.6) is 23.0 Å². The maximum absolute atomic E-state index is 12.4. The van der Waals surface area contributed by atoms with Crippen molar-refractivity contribution in [2.45, 2.75) is 97.9 Å². The zero-order valence-electron chi connectivity index (χ0n) is 66.8. The van der Waals surface area contributed by atoms with E-state index < -0.39 is 6.10 Å². The first-order chi connectivity index (χ1) is 53.4. The first-order valence-electron chi connectivity index (χ1n) is 37.7. The van der Waals surface area contributed by atoms with Crippen molar-refractivity contribution < 1.29 is 38.4 Å². The molecule has 113 heavy (non-hydrogen) atoms. The third kappa shape index (κ3) is 33.2. The molecular weight excluding hydrogens is 1450 g/mol. The number of aliphatic hydroxyl groups excluding tert-OH is 1. The quantitative estimate of drug-likeness (QED) is 0.0175. The van der Waals surface area contributed by atoms with Gasteiger partial charge >= 0.3 is 0 Å². The number of aromatic nitrogens is 1. The van der Waals surface area contributed by atoms with Crippen LogP contribution in [-0.4, -0.2) is 100 Å². The molecule has 13 nitrogen and oxygen atoms in total. The summed E-state index contributed by atoms with van der Waals surface area (Å²) in [5.74, 6) is 4.83. The zero-order valence-corrected chi connectivity index (χ0v) is 68.4. The second-order valence-corrected chi connectivity index (χ2v) is 28.1. The Bertz CT molecular complexity index is 4300. The maximum atomic E-state index is 12.4. The number of aliphatic hydroxyl groups is 1. The number of nitrogens with one attached hydrogen (secondary N) is 1. The van der Waals surface area contributed by atoms with Crippen LogP contribution in [-0.2, 0) is 42.4 Å². The number of fused-ring (bicyclic) bond motifs is 1. The van der Waals surface area contributed by atoms with Crippen molar-refractivity contribution in [1.29, 1.82) is 0 Å². The summed E-state index contributed by atoms with van der Waals surface area (Å²) in [4.78, 5) is 33.9.